The molecule has 1 saturated carbocycles. The predicted octanol–water partition coefficient (Wildman–Crippen LogP) is 3.37. The molecule has 0 atom stereocenters. The van der Waals surface area contributed by atoms with E-state index in [0.717, 1.165) is 55.4 Å². The van der Waals surface area contributed by atoms with Gasteiger partial charge in [-0.1, -0.05) is 11.6 Å². The van der Waals surface area contributed by atoms with Crippen LogP contribution in [0.2, 0.25) is 5.02 Å². The minimum Gasteiger partial charge on any atom is -0.368 e. The molecule has 1 aliphatic carbocycles. The van der Waals surface area contributed by atoms with Gasteiger partial charge in [0.05, 0.1) is 0 Å². The lowest BCUT2D eigenvalue weighted by Gasteiger charge is -2.37. The molecule has 2 heterocycles. The van der Waals surface area contributed by atoms with Gasteiger partial charge < -0.3 is 15.1 Å². The van der Waals surface area contributed by atoms with Gasteiger partial charge in [-0.2, -0.15) is 4.99 Å². The van der Waals surface area contributed by atoms with Gasteiger partial charge in [-0.05, 0) is 69.2 Å². The molecule has 0 spiro atoms. The van der Waals surface area contributed by atoms with Gasteiger partial charge in [0.1, 0.15) is 0 Å². The number of aryl methyl sites for hydroxylation is 2. The van der Waals surface area contributed by atoms with Crippen LogP contribution in [0.5, 0.6) is 0 Å². The molecule has 0 bridgehead atoms. The van der Waals surface area contributed by atoms with Gasteiger partial charge in [0.2, 0.25) is 11.9 Å². The summed E-state index contributed by atoms with van der Waals surface area (Å²) in [4.78, 5) is 18.2. The van der Waals surface area contributed by atoms with Crippen LogP contribution in [0.3, 0.4) is 0 Å². The average molecular weight is 444 g/mol. The van der Waals surface area contributed by atoms with Crippen LogP contribution in [0.4, 0.5) is 11.6 Å². The number of hydrogen-bond donors (Lipinski definition) is 2. The van der Waals surface area contributed by atoms with Gasteiger partial charge >= 0.3 is 0 Å². The minimum absolute atomic E-state index is 0.460. The van der Waals surface area contributed by atoms with Crippen molar-refractivity contribution in [2.45, 2.75) is 32.7 Å². The Labute approximate surface area is 187 Å². The number of nitrogens with one attached hydrogen (secondary N) is 2. The molecule has 0 radical (unpaired) electrons. The number of aliphatic imine (C=N–C) groups is 1. The maximum atomic E-state index is 6.02. The second-order valence-corrected chi connectivity index (χ2v) is 8.53. The lowest BCUT2D eigenvalue weighted by Crippen LogP contribution is -2.51. The Bertz CT molecular complexity index is 915. The van der Waals surface area contributed by atoms with E-state index in [1.165, 1.54) is 5.69 Å². The summed E-state index contributed by atoms with van der Waals surface area (Å²) in [5, 5.41) is 7.85. The Morgan fingerprint density at radius 1 is 1.07 bits per heavy atom. The fourth-order valence-corrected chi connectivity index (χ4v) is 3.80. The van der Waals surface area contributed by atoms with Crippen molar-refractivity contribution in [1.82, 2.24) is 20.2 Å². The quantitative estimate of drug-likeness (QED) is 0.428. The van der Waals surface area contributed by atoms with Crippen LogP contribution in [0.25, 0.3) is 0 Å². The van der Waals surface area contributed by atoms with Gasteiger partial charge in [-0.25, -0.2) is 9.97 Å². The number of anilines is 2. The standard InChI is InChI=1S/C21H26ClN7S/c1-14-13-15(2)24-19(23-14)26-20(27-21(30)25-17-5-6-17)29-11-9-28(10-12-29)18-7-3-16(22)4-8-18/h3-4,7-8,13,17H,5-6,9-12H2,1-2H3,(H2,23,24,25,26,27,30). The van der Waals surface area contributed by atoms with Crippen molar-refractivity contribution in [3.8, 4) is 0 Å². The molecule has 2 aliphatic rings. The minimum atomic E-state index is 0.460. The summed E-state index contributed by atoms with van der Waals surface area (Å²) in [6.07, 6.45) is 2.30. The van der Waals surface area contributed by atoms with Gasteiger partial charge in [-0.3, -0.25) is 5.32 Å². The normalized spacial score (nSPS) is 17.1. The highest BCUT2D eigenvalue weighted by atomic mass is 35.5. The molecular weight excluding hydrogens is 418 g/mol. The highest BCUT2D eigenvalue weighted by Crippen LogP contribution is 2.20. The van der Waals surface area contributed by atoms with E-state index in [2.05, 4.69) is 47.5 Å². The number of nitrogens with zero attached hydrogens (tertiary/aromatic N) is 5. The summed E-state index contributed by atoms with van der Waals surface area (Å²) in [5.74, 6) is 1.23. The third-order valence-electron chi connectivity index (χ3n) is 5.09. The van der Waals surface area contributed by atoms with Gasteiger partial charge in [0, 0.05) is 54.3 Å². The summed E-state index contributed by atoms with van der Waals surface area (Å²) < 4.78 is 0. The van der Waals surface area contributed by atoms with Crippen molar-refractivity contribution in [3.63, 3.8) is 0 Å². The first kappa shape index (κ1) is 20.8. The molecule has 2 aromatic rings. The number of benzene rings is 1. The smallest absolute Gasteiger partial charge is 0.229 e. The van der Waals surface area contributed by atoms with E-state index in [1.807, 2.05) is 32.0 Å². The third-order valence-corrected chi connectivity index (χ3v) is 5.55. The van der Waals surface area contributed by atoms with Crippen LogP contribution >= 0.6 is 23.8 Å². The van der Waals surface area contributed by atoms with Crippen molar-refractivity contribution in [2.75, 3.05) is 36.4 Å². The fraction of sp³-hybridized carbons (Fsp3) is 0.429. The van der Waals surface area contributed by atoms with E-state index in [9.17, 15) is 0 Å². The molecule has 1 aromatic heterocycles. The number of aromatic nitrogens is 2. The number of guanidine groups is 1. The van der Waals surface area contributed by atoms with Gasteiger partial charge in [-0.15, -0.1) is 0 Å². The van der Waals surface area contributed by atoms with Crippen LogP contribution in [0.15, 0.2) is 35.3 Å². The monoisotopic (exact) mass is 443 g/mol. The molecule has 9 heteroatoms. The predicted molar refractivity (Wildman–Crippen MR) is 127 cm³/mol. The first-order valence-electron chi connectivity index (χ1n) is 10.2. The maximum Gasteiger partial charge on any atom is 0.229 e. The topological polar surface area (TPSA) is 68.7 Å². The molecule has 30 heavy (non-hydrogen) atoms. The Balaban J connectivity index is 1.48. The average Bonchev–Trinajstić information content (AvgIpc) is 3.51. The molecule has 2 fully saturated rings. The lowest BCUT2D eigenvalue weighted by atomic mass is 10.2. The van der Waals surface area contributed by atoms with Crippen LogP contribution in [0.1, 0.15) is 24.2 Å². The summed E-state index contributed by atoms with van der Waals surface area (Å²) in [6.45, 7) is 7.29. The SMILES string of the molecule is Cc1cc(C)nc(N/C(=N/C(=S)NC2CC2)N2CCN(c3ccc(Cl)cc3)CC2)n1. The Morgan fingerprint density at radius 2 is 1.70 bits per heavy atom. The largest absolute Gasteiger partial charge is 0.368 e. The molecule has 0 amide bonds. The molecule has 1 saturated heterocycles. The Kier molecular flexibility index (Phi) is 6.34. The zero-order chi connectivity index (χ0) is 21.1. The second kappa shape index (κ2) is 9.14. The van der Waals surface area contributed by atoms with Crippen LogP contribution in [-0.4, -0.2) is 58.2 Å². The zero-order valence-corrected chi connectivity index (χ0v) is 18.8. The molecule has 2 N–H and O–H groups in total. The van der Waals surface area contributed by atoms with E-state index in [1.54, 1.807) is 0 Å². The van der Waals surface area contributed by atoms with Crippen LogP contribution in [-0.2, 0) is 0 Å². The van der Waals surface area contributed by atoms with Crippen LogP contribution in [0, 0.1) is 13.8 Å². The molecule has 1 aromatic carbocycles. The highest BCUT2D eigenvalue weighted by molar-refractivity contribution is 7.80. The van der Waals surface area contributed by atoms with E-state index in [0.29, 0.717) is 23.1 Å². The van der Waals surface area contributed by atoms with Crippen molar-refractivity contribution < 1.29 is 0 Å². The first-order valence-corrected chi connectivity index (χ1v) is 11.0. The van der Waals surface area contributed by atoms with Gasteiger partial charge in [0.25, 0.3) is 0 Å². The van der Waals surface area contributed by atoms with E-state index < -0.39 is 0 Å². The zero-order valence-electron chi connectivity index (χ0n) is 17.2. The maximum absolute atomic E-state index is 6.02. The third kappa shape index (κ3) is 5.58. The van der Waals surface area contributed by atoms with Crippen molar-refractivity contribution in [3.05, 3.63) is 46.7 Å². The molecule has 1 aliphatic heterocycles. The number of halogens is 1. The van der Waals surface area contributed by atoms with Gasteiger partial charge in [0.15, 0.2) is 5.11 Å². The van der Waals surface area contributed by atoms with Crippen LogP contribution < -0.4 is 15.5 Å². The van der Waals surface area contributed by atoms with Crippen molar-refractivity contribution in [1.29, 1.82) is 0 Å². The summed E-state index contributed by atoms with van der Waals surface area (Å²) >= 11 is 11.5. The van der Waals surface area contributed by atoms with Crippen molar-refractivity contribution >= 4 is 46.5 Å². The molecule has 0 unspecified atom stereocenters. The highest BCUT2D eigenvalue weighted by Gasteiger charge is 2.24. The fourth-order valence-electron chi connectivity index (χ4n) is 3.42. The number of hydrogen-bond acceptors (Lipinski definition) is 4. The lowest BCUT2D eigenvalue weighted by molar-refractivity contribution is 0.385. The molecule has 4 rings (SSSR count). The molecule has 158 valence electrons. The number of rotatable bonds is 3. The first-order chi connectivity index (χ1) is 14.5. The number of piperazine rings is 1. The Morgan fingerprint density at radius 3 is 2.30 bits per heavy atom. The second-order valence-electron chi connectivity index (χ2n) is 7.71. The van der Waals surface area contributed by atoms with E-state index in [-0.39, 0.29) is 0 Å². The van der Waals surface area contributed by atoms with E-state index in [4.69, 9.17) is 23.8 Å². The molecular formula is C21H26ClN7S. The van der Waals surface area contributed by atoms with E-state index >= 15 is 0 Å². The summed E-state index contributed by atoms with van der Waals surface area (Å²) in [5.41, 5.74) is 3.00. The Hall–Kier alpha value is -2.45. The summed E-state index contributed by atoms with van der Waals surface area (Å²) in [6, 6.07) is 10.4. The summed E-state index contributed by atoms with van der Waals surface area (Å²) in [7, 11) is 0. The van der Waals surface area contributed by atoms with Crippen molar-refractivity contribution in [2.24, 2.45) is 4.99 Å². The molecule has 7 nitrogen and oxygen atoms in total. The number of thiocarbonyl (C=S) groups is 1.